The fourth-order valence-electron chi connectivity index (χ4n) is 5.81. The first kappa shape index (κ1) is 23.8. The van der Waals surface area contributed by atoms with Crippen molar-refractivity contribution < 1.29 is 4.42 Å². The van der Waals surface area contributed by atoms with Crippen LogP contribution < -0.4 is 4.90 Å². The zero-order valence-electron chi connectivity index (χ0n) is 22.3. The fourth-order valence-corrected chi connectivity index (χ4v) is 5.81. The van der Waals surface area contributed by atoms with Crippen LogP contribution in [0.1, 0.15) is 18.2 Å². The van der Waals surface area contributed by atoms with Gasteiger partial charge in [-0.15, -0.1) is 0 Å². The van der Waals surface area contributed by atoms with E-state index in [1.165, 1.54) is 10.8 Å². The summed E-state index contributed by atoms with van der Waals surface area (Å²) in [5.74, 6) is 0.785. The maximum atomic E-state index is 6.30. The average molecular weight is 517 g/mol. The molecule has 3 nitrogen and oxygen atoms in total. The Morgan fingerprint density at radius 2 is 1.30 bits per heavy atom. The van der Waals surface area contributed by atoms with Gasteiger partial charge in [0.15, 0.2) is 0 Å². The normalized spacial score (nSPS) is 11.6. The smallest absolute Gasteiger partial charge is 0.136 e. The molecule has 3 heteroatoms. The lowest BCUT2D eigenvalue weighted by Crippen LogP contribution is -2.09. The van der Waals surface area contributed by atoms with Crippen LogP contribution in [-0.4, -0.2) is 4.57 Å². The van der Waals surface area contributed by atoms with Gasteiger partial charge in [0, 0.05) is 44.5 Å². The molecule has 7 rings (SSSR count). The van der Waals surface area contributed by atoms with Crippen LogP contribution in [0.2, 0.25) is 0 Å². The van der Waals surface area contributed by atoms with Gasteiger partial charge in [0.2, 0.25) is 0 Å². The molecular formula is C37H28N2O. The van der Waals surface area contributed by atoms with Gasteiger partial charge in [-0.05, 0) is 79.7 Å². The summed E-state index contributed by atoms with van der Waals surface area (Å²) in [4.78, 5) is 2.31. The van der Waals surface area contributed by atoms with E-state index < -0.39 is 0 Å². The molecule has 0 N–H and O–H groups in total. The first-order chi connectivity index (χ1) is 19.8. The highest BCUT2D eigenvalue weighted by molar-refractivity contribution is 6.23. The Morgan fingerprint density at radius 3 is 1.93 bits per heavy atom. The molecule has 2 heterocycles. The van der Waals surface area contributed by atoms with Crippen molar-refractivity contribution in [3.8, 4) is 5.69 Å². The van der Waals surface area contributed by atoms with Gasteiger partial charge < -0.3 is 13.9 Å². The van der Waals surface area contributed by atoms with Gasteiger partial charge in [-0.25, -0.2) is 0 Å². The molecule has 0 spiro atoms. The van der Waals surface area contributed by atoms with Crippen LogP contribution >= 0.6 is 0 Å². The average Bonchev–Trinajstić information content (AvgIpc) is 3.54. The van der Waals surface area contributed by atoms with Crippen molar-refractivity contribution >= 4 is 62.0 Å². The monoisotopic (exact) mass is 516 g/mol. The summed E-state index contributed by atoms with van der Waals surface area (Å²) in [6.45, 7) is 6.07. The van der Waals surface area contributed by atoms with E-state index in [1.807, 2.05) is 6.92 Å². The van der Waals surface area contributed by atoms with E-state index in [1.54, 1.807) is 6.08 Å². The fraction of sp³-hybridized carbons (Fsp3) is 0.0270. The Bertz CT molecular complexity index is 1970. The van der Waals surface area contributed by atoms with Crippen molar-refractivity contribution in [1.82, 2.24) is 4.57 Å². The Kier molecular flexibility index (Phi) is 5.83. The summed E-state index contributed by atoms with van der Waals surface area (Å²) in [6, 6.07) is 42.6. The molecule has 2 aromatic heterocycles. The largest absolute Gasteiger partial charge is 0.456 e. The molecule has 0 saturated carbocycles. The molecule has 7 aromatic rings. The second kappa shape index (κ2) is 9.79. The number of rotatable bonds is 6. The lowest BCUT2D eigenvalue weighted by molar-refractivity contribution is 0.603. The molecule has 0 saturated heterocycles. The van der Waals surface area contributed by atoms with E-state index in [2.05, 4.69) is 150 Å². The Hall–Kier alpha value is -5.28. The van der Waals surface area contributed by atoms with E-state index >= 15 is 0 Å². The van der Waals surface area contributed by atoms with E-state index in [4.69, 9.17) is 4.42 Å². The Balaban J connectivity index is 1.61. The van der Waals surface area contributed by atoms with Gasteiger partial charge in [-0.3, -0.25) is 0 Å². The van der Waals surface area contributed by atoms with Crippen LogP contribution in [0.25, 0.3) is 50.6 Å². The van der Waals surface area contributed by atoms with Gasteiger partial charge in [0.1, 0.15) is 11.3 Å². The maximum Gasteiger partial charge on any atom is 0.136 e. The number of hydrogen-bond acceptors (Lipinski definition) is 2. The molecule has 0 aliphatic rings. The number of hydrogen-bond donors (Lipinski definition) is 0. The summed E-state index contributed by atoms with van der Waals surface area (Å²) < 4.78 is 8.65. The lowest BCUT2D eigenvalue weighted by Gasteiger charge is -2.25. The van der Waals surface area contributed by atoms with Crippen molar-refractivity contribution in [3.63, 3.8) is 0 Å². The minimum atomic E-state index is 0.785. The molecule has 0 amide bonds. The minimum absolute atomic E-state index is 0.785. The molecule has 0 aliphatic heterocycles. The van der Waals surface area contributed by atoms with E-state index in [9.17, 15) is 0 Å². The number of aromatic nitrogens is 1. The van der Waals surface area contributed by atoms with Crippen LogP contribution in [0.15, 0.2) is 138 Å². The first-order valence-corrected chi connectivity index (χ1v) is 13.5. The van der Waals surface area contributed by atoms with Crippen LogP contribution in [0, 0.1) is 0 Å². The van der Waals surface area contributed by atoms with Gasteiger partial charge in [-0.2, -0.15) is 0 Å². The maximum absolute atomic E-state index is 6.30. The zero-order valence-corrected chi connectivity index (χ0v) is 22.3. The molecule has 0 atom stereocenters. The van der Waals surface area contributed by atoms with Crippen molar-refractivity contribution in [2.45, 2.75) is 6.92 Å². The van der Waals surface area contributed by atoms with Crippen molar-refractivity contribution in [2.24, 2.45) is 0 Å². The summed E-state index contributed by atoms with van der Waals surface area (Å²) in [5, 5.41) is 3.44. The molecule has 0 bridgehead atoms. The minimum Gasteiger partial charge on any atom is -0.456 e. The first-order valence-electron chi connectivity index (χ1n) is 13.5. The number of anilines is 3. The predicted molar refractivity (Wildman–Crippen MR) is 170 cm³/mol. The number of furan rings is 1. The van der Waals surface area contributed by atoms with Gasteiger partial charge in [-0.1, -0.05) is 73.3 Å². The number of benzene rings is 5. The van der Waals surface area contributed by atoms with Crippen LogP contribution in [0.4, 0.5) is 17.1 Å². The van der Waals surface area contributed by atoms with Crippen LogP contribution in [-0.2, 0) is 0 Å². The van der Waals surface area contributed by atoms with Gasteiger partial charge in [0.25, 0.3) is 0 Å². The zero-order chi connectivity index (χ0) is 27.1. The lowest BCUT2D eigenvalue weighted by atomic mass is 10.0. The third-order valence-electron chi connectivity index (χ3n) is 7.45. The number of para-hydroxylation sites is 3. The summed E-state index contributed by atoms with van der Waals surface area (Å²) >= 11 is 0. The molecule has 0 fully saturated rings. The summed E-state index contributed by atoms with van der Waals surface area (Å²) in [7, 11) is 0. The third-order valence-corrected chi connectivity index (χ3v) is 7.45. The number of fused-ring (bicyclic) bond motifs is 5. The Morgan fingerprint density at radius 1 is 0.675 bits per heavy atom. The van der Waals surface area contributed by atoms with E-state index in [0.29, 0.717) is 0 Å². The molecule has 0 radical (unpaired) electrons. The quantitative estimate of drug-likeness (QED) is 0.219. The molecule has 0 aliphatic carbocycles. The van der Waals surface area contributed by atoms with Gasteiger partial charge >= 0.3 is 0 Å². The molecular weight excluding hydrogens is 488 g/mol. The number of allylic oxidation sites excluding steroid dienone is 1. The Labute approximate surface area is 233 Å². The molecule has 5 aromatic carbocycles. The second-order valence-corrected chi connectivity index (χ2v) is 9.80. The SMILES string of the molecule is C=Cc1oc2ccc3c(c4cc(N(c5ccccc5)c5ccccc5)ccc4n3-c3ccccc3)c2c1/C=C\C. The highest BCUT2D eigenvalue weighted by Crippen LogP contribution is 2.43. The standard InChI is InChI=1S/C37H28N2O/c1-3-14-30-34(4-2)40-35-24-23-33-36(37(30)35)31-25-29(21-22-32(31)39(33)28-19-12-7-13-20-28)38(26-15-8-5-9-16-26)27-17-10-6-11-18-27/h3-25H,2H2,1H3/b14-3-. The third kappa shape index (κ3) is 3.75. The van der Waals surface area contributed by atoms with E-state index in [-0.39, 0.29) is 0 Å². The summed E-state index contributed by atoms with van der Waals surface area (Å²) in [5.41, 5.74) is 8.63. The highest BCUT2D eigenvalue weighted by Gasteiger charge is 2.21. The predicted octanol–water partition coefficient (Wildman–Crippen LogP) is 10.7. The topological polar surface area (TPSA) is 21.3 Å². The van der Waals surface area contributed by atoms with Crippen LogP contribution in [0.3, 0.4) is 0 Å². The highest BCUT2D eigenvalue weighted by atomic mass is 16.3. The second-order valence-electron chi connectivity index (χ2n) is 9.80. The molecule has 40 heavy (non-hydrogen) atoms. The van der Waals surface area contributed by atoms with Crippen molar-refractivity contribution in [2.75, 3.05) is 4.90 Å². The number of nitrogens with zero attached hydrogens (tertiary/aromatic N) is 2. The van der Waals surface area contributed by atoms with E-state index in [0.717, 1.165) is 56.1 Å². The van der Waals surface area contributed by atoms with Crippen LogP contribution in [0.5, 0.6) is 0 Å². The molecule has 0 unspecified atom stereocenters. The van der Waals surface area contributed by atoms with Gasteiger partial charge in [0.05, 0.1) is 11.0 Å². The summed E-state index contributed by atoms with van der Waals surface area (Å²) in [6.07, 6.45) is 5.98. The molecule has 192 valence electrons. The van der Waals surface area contributed by atoms with Crippen molar-refractivity contribution in [1.29, 1.82) is 0 Å². The van der Waals surface area contributed by atoms with Crippen molar-refractivity contribution in [3.05, 3.63) is 145 Å².